The molecule has 3 unspecified atom stereocenters. The molecule has 3 aromatic carbocycles. The Labute approximate surface area is 269 Å². The first-order chi connectivity index (χ1) is 22.3. The minimum absolute atomic E-state index is 0.0139. The highest BCUT2D eigenvalue weighted by molar-refractivity contribution is 5.94. The molecule has 46 heavy (non-hydrogen) atoms. The third kappa shape index (κ3) is 9.55. The Morgan fingerprint density at radius 2 is 1.52 bits per heavy atom. The van der Waals surface area contributed by atoms with Crippen molar-refractivity contribution >= 4 is 24.0 Å². The Kier molecular flexibility index (Phi) is 12.5. The van der Waals surface area contributed by atoms with Crippen LogP contribution in [0.25, 0.3) is 0 Å². The Balaban J connectivity index is 1.60. The zero-order valence-corrected chi connectivity index (χ0v) is 26.0. The molecule has 0 aliphatic carbocycles. The van der Waals surface area contributed by atoms with Crippen LogP contribution >= 0.6 is 0 Å². The van der Waals surface area contributed by atoms with Crippen molar-refractivity contribution in [2.24, 2.45) is 0 Å². The van der Waals surface area contributed by atoms with Crippen molar-refractivity contribution in [3.8, 4) is 0 Å². The fourth-order valence-corrected chi connectivity index (χ4v) is 5.56. The van der Waals surface area contributed by atoms with Gasteiger partial charge in [-0.25, -0.2) is 14.4 Å². The number of benzene rings is 3. The van der Waals surface area contributed by atoms with Crippen molar-refractivity contribution in [3.05, 3.63) is 108 Å². The summed E-state index contributed by atoms with van der Waals surface area (Å²) in [5.41, 5.74) is 2.05. The summed E-state index contributed by atoms with van der Waals surface area (Å²) in [5.74, 6) is -1.51. The topological polar surface area (TPSA) is 149 Å². The number of carbonyl (C=O) groups is 4. The molecule has 0 saturated carbocycles. The molecule has 1 saturated heterocycles. The molecule has 4 N–H and O–H groups in total. The van der Waals surface area contributed by atoms with Gasteiger partial charge in [0, 0.05) is 12.1 Å². The van der Waals surface area contributed by atoms with Crippen LogP contribution in [0.4, 0.5) is 9.59 Å². The van der Waals surface area contributed by atoms with Gasteiger partial charge >= 0.3 is 18.1 Å². The first-order valence-corrected chi connectivity index (χ1v) is 15.6. The zero-order chi connectivity index (χ0) is 32.9. The van der Waals surface area contributed by atoms with E-state index in [1.165, 1.54) is 9.80 Å². The number of amides is 4. The van der Waals surface area contributed by atoms with E-state index in [0.29, 0.717) is 31.2 Å². The smallest absolute Gasteiger partial charge is 0.409 e. The molecular formula is C35H42N4O7. The van der Waals surface area contributed by atoms with Gasteiger partial charge in [0.05, 0.1) is 18.7 Å². The van der Waals surface area contributed by atoms with Gasteiger partial charge in [-0.15, -0.1) is 0 Å². The van der Waals surface area contributed by atoms with Gasteiger partial charge in [0.25, 0.3) is 5.91 Å². The molecule has 4 atom stereocenters. The first-order valence-electron chi connectivity index (χ1n) is 15.6. The van der Waals surface area contributed by atoms with Crippen LogP contribution in [-0.2, 0) is 22.6 Å². The molecular weight excluding hydrogens is 588 g/mol. The lowest BCUT2D eigenvalue weighted by molar-refractivity contribution is -0.141. The number of rotatable bonds is 14. The number of nitrogens with zero attached hydrogens (tertiary/aromatic N) is 2. The number of aliphatic hydroxyl groups is 1. The van der Waals surface area contributed by atoms with Crippen LogP contribution < -0.4 is 10.6 Å². The van der Waals surface area contributed by atoms with E-state index in [-0.39, 0.29) is 26.1 Å². The third-order valence-corrected chi connectivity index (χ3v) is 7.96. The number of alkyl carbamates (subject to hydrolysis) is 1. The van der Waals surface area contributed by atoms with E-state index >= 15 is 0 Å². The van der Waals surface area contributed by atoms with Crippen LogP contribution in [0.15, 0.2) is 91.0 Å². The van der Waals surface area contributed by atoms with Crippen molar-refractivity contribution in [1.82, 2.24) is 20.4 Å². The SMILES string of the molecule is CCCC(NC(=O)OCc1ccccc1)N(CC(O)C(Cc1ccccc1)NC(=O)c1ccccc1)C(=O)N1CCC[C@H]1C(=O)O. The molecule has 4 rings (SSSR count). The predicted octanol–water partition coefficient (Wildman–Crippen LogP) is 4.41. The average molecular weight is 631 g/mol. The van der Waals surface area contributed by atoms with Crippen LogP contribution in [0.5, 0.6) is 0 Å². The van der Waals surface area contributed by atoms with E-state index in [9.17, 15) is 29.4 Å². The second-order valence-electron chi connectivity index (χ2n) is 11.3. The largest absolute Gasteiger partial charge is 0.480 e. The minimum Gasteiger partial charge on any atom is -0.480 e. The normalized spacial score (nSPS) is 16.1. The molecule has 1 aliphatic heterocycles. The second-order valence-corrected chi connectivity index (χ2v) is 11.3. The van der Waals surface area contributed by atoms with Gasteiger partial charge in [0.1, 0.15) is 18.8 Å². The number of nitrogens with one attached hydrogen (secondary N) is 2. The molecule has 1 heterocycles. The summed E-state index contributed by atoms with van der Waals surface area (Å²) in [5, 5.41) is 27.2. The number of carboxylic acid groups (broad SMARTS) is 1. The van der Waals surface area contributed by atoms with Gasteiger partial charge < -0.3 is 35.4 Å². The fraction of sp³-hybridized carbons (Fsp3) is 0.371. The van der Waals surface area contributed by atoms with Gasteiger partial charge in [-0.1, -0.05) is 92.2 Å². The van der Waals surface area contributed by atoms with Crippen molar-refractivity contribution < 1.29 is 34.1 Å². The molecule has 0 aromatic heterocycles. The van der Waals surface area contributed by atoms with E-state index in [2.05, 4.69) is 10.6 Å². The molecule has 11 heteroatoms. The van der Waals surface area contributed by atoms with E-state index in [4.69, 9.17) is 4.74 Å². The van der Waals surface area contributed by atoms with Crippen LogP contribution in [-0.4, -0.2) is 81.5 Å². The number of ether oxygens (including phenoxy) is 1. The number of carboxylic acids is 1. The number of hydrogen-bond donors (Lipinski definition) is 4. The lowest BCUT2D eigenvalue weighted by atomic mass is 9.99. The fourth-order valence-electron chi connectivity index (χ4n) is 5.56. The average Bonchev–Trinajstić information content (AvgIpc) is 3.57. The zero-order valence-electron chi connectivity index (χ0n) is 26.0. The van der Waals surface area contributed by atoms with Crippen molar-refractivity contribution in [2.45, 2.75) is 70.0 Å². The standard InChI is InChI=1S/C35H42N4O7/c1-2-13-31(37-34(44)46-24-26-16-8-4-9-17-26)39(35(45)38-21-12-20-29(38)33(42)43)23-30(40)28(22-25-14-6-3-7-15-25)36-32(41)27-18-10-5-11-19-27/h3-11,14-19,28-31,40H,2,12-13,20-24H2,1H3,(H,36,41)(H,37,44)(H,42,43)/t28?,29-,30?,31?/m0/s1. The summed E-state index contributed by atoms with van der Waals surface area (Å²) in [7, 11) is 0. The molecule has 1 aliphatic rings. The molecule has 0 spiro atoms. The van der Waals surface area contributed by atoms with Crippen LogP contribution in [0.3, 0.4) is 0 Å². The molecule has 3 aromatic rings. The van der Waals surface area contributed by atoms with E-state index in [1.807, 2.05) is 67.6 Å². The Bertz CT molecular complexity index is 1420. The molecule has 0 bridgehead atoms. The lowest BCUT2D eigenvalue weighted by Gasteiger charge is -2.38. The van der Waals surface area contributed by atoms with Crippen molar-refractivity contribution in [1.29, 1.82) is 0 Å². The monoisotopic (exact) mass is 630 g/mol. The lowest BCUT2D eigenvalue weighted by Crippen LogP contribution is -2.60. The van der Waals surface area contributed by atoms with Gasteiger partial charge in [-0.3, -0.25) is 4.79 Å². The Morgan fingerprint density at radius 1 is 0.913 bits per heavy atom. The van der Waals surface area contributed by atoms with Crippen LogP contribution in [0, 0.1) is 0 Å². The van der Waals surface area contributed by atoms with Gasteiger partial charge in [0.2, 0.25) is 0 Å². The number of likely N-dealkylation sites (tertiary alicyclic amines) is 1. The molecule has 4 amide bonds. The molecule has 1 fully saturated rings. The Morgan fingerprint density at radius 3 is 2.13 bits per heavy atom. The summed E-state index contributed by atoms with van der Waals surface area (Å²) in [6, 6.07) is 24.6. The first kappa shape index (κ1) is 34.0. The van der Waals surface area contributed by atoms with Gasteiger partial charge in [0.15, 0.2) is 0 Å². The molecule has 244 valence electrons. The number of urea groups is 1. The maximum Gasteiger partial charge on any atom is 0.409 e. The van der Waals surface area contributed by atoms with E-state index < -0.39 is 48.4 Å². The quantitative estimate of drug-likeness (QED) is 0.193. The molecule has 11 nitrogen and oxygen atoms in total. The van der Waals surface area contributed by atoms with E-state index in [0.717, 1.165) is 11.1 Å². The van der Waals surface area contributed by atoms with Gasteiger partial charge in [-0.2, -0.15) is 0 Å². The van der Waals surface area contributed by atoms with Crippen LogP contribution in [0.1, 0.15) is 54.1 Å². The van der Waals surface area contributed by atoms with Crippen LogP contribution in [0.2, 0.25) is 0 Å². The maximum absolute atomic E-state index is 14.1. The maximum atomic E-state index is 14.1. The van der Waals surface area contributed by atoms with E-state index in [1.54, 1.807) is 30.3 Å². The predicted molar refractivity (Wildman–Crippen MR) is 172 cm³/mol. The summed E-state index contributed by atoms with van der Waals surface area (Å²) >= 11 is 0. The second kappa shape index (κ2) is 17.0. The van der Waals surface area contributed by atoms with Crippen molar-refractivity contribution in [2.75, 3.05) is 13.1 Å². The van der Waals surface area contributed by atoms with Crippen molar-refractivity contribution in [3.63, 3.8) is 0 Å². The Hall–Kier alpha value is -4.90. The number of carbonyl (C=O) groups excluding carboxylic acids is 3. The highest BCUT2D eigenvalue weighted by atomic mass is 16.5. The number of aliphatic carboxylic acids is 1. The summed E-state index contributed by atoms with van der Waals surface area (Å²) in [6.45, 7) is 1.83. The highest BCUT2D eigenvalue weighted by Crippen LogP contribution is 2.22. The summed E-state index contributed by atoms with van der Waals surface area (Å²) < 4.78 is 5.44. The molecule has 0 radical (unpaired) electrons. The number of hydrogen-bond acceptors (Lipinski definition) is 6. The van der Waals surface area contributed by atoms with Gasteiger partial charge in [-0.05, 0) is 48.9 Å². The summed E-state index contributed by atoms with van der Waals surface area (Å²) in [4.78, 5) is 54.9. The number of aliphatic hydroxyl groups excluding tert-OH is 1. The summed E-state index contributed by atoms with van der Waals surface area (Å²) in [6.07, 6.45) is -1.04. The highest BCUT2D eigenvalue weighted by Gasteiger charge is 2.40. The minimum atomic E-state index is -1.29. The third-order valence-electron chi connectivity index (χ3n) is 7.96.